The van der Waals surface area contributed by atoms with Crippen molar-refractivity contribution in [1.29, 1.82) is 0 Å². The van der Waals surface area contributed by atoms with Crippen molar-refractivity contribution in [2.24, 2.45) is 0 Å². The number of benzene rings is 1. The molecule has 1 saturated heterocycles. The quantitative estimate of drug-likeness (QED) is 0.666. The molecule has 8 nitrogen and oxygen atoms in total. The Hall–Kier alpha value is -3.68. The van der Waals surface area contributed by atoms with Crippen molar-refractivity contribution < 1.29 is 14.3 Å². The molecule has 4 rings (SSSR count). The highest BCUT2D eigenvalue weighted by Crippen LogP contribution is 2.26. The van der Waals surface area contributed by atoms with Crippen LogP contribution in [0.3, 0.4) is 0 Å². The molecule has 2 aromatic heterocycles. The van der Waals surface area contributed by atoms with Crippen molar-refractivity contribution in [3.8, 4) is 11.5 Å². The molecule has 2 N–H and O–H groups in total. The van der Waals surface area contributed by atoms with Crippen molar-refractivity contribution in [2.75, 3.05) is 18.4 Å². The van der Waals surface area contributed by atoms with Crippen LogP contribution in [0.5, 0.6) is 11.5 Å². The fourth-order valence-corrected chi connectivity index (χ4v) is 3.42. The third kappa shape index (κ3) is 4.60. The fraction of sp³-hybridized carbons (Fsp3) is 0.238. The average molecular weight is 391 g/mol. The molecule has 1 atom stereocenters. The van der Waals surface area contributed by atoms with Crippen LogP contribution in [-0.4, -0.2) is 45.0 Å². The van der Waals surface area contributed by atoms with Gasteiger partial charge in [0.1, 0.15) is 11.5 Å². The first-order valence-electron chi connectivity index (χ1n) is 9.46. The highest BCUT2D eigenvalue weighted by molar-refractivity contribution is 6.39. The maximum absolute atomic E-state index is 12.6. The lowest BCUT2D eigenvalue weighted by atomic mass is 9.95. The molecule has 8 heteroatoms. The van der Waals surface area contributed by atoms with E-state index in [1.165, 1.54) is 0 Å². The van der Waals surface area contributed by atoms with Gasteiger partial charge in [0.2, 0.25) is 0 Å². The minimum Gasteiger partial charge on any atom is -0.457 e. The van der Waals surface area contributed by atoms with Crippen LogP contribution in [0.2, 0.25) is 0 Å². The fourth-order valence-electron chi connectivity index (χ4n) is 3.42. The largest absolute Gasteiger partial charge is 0.457 e. The lowest BCUT2D eigenvalue weighted by molar-refractivity contribution is -0.144. The summed E-state index contributed by atoms with van der Waals surface area (Å²) in [6, 6.07) is 12.3. The van der Waals surface area contributed by atoms with E-state index in [9.17, 15) is 9.59 Å². The van der Waals surface area contributed by atoms with Crippen molar-refractivity contribution in [3.05, 3.63) is 66.7 Å². The van der Waals surface area contributed by atoms with E-state index in [1.807, 2.05) is 6.07 Å². The van der Waals surface area contributed by atoms with Crippen LogP contribution in [-0.2, 0) is 9.59 Å². The zero-order valence-corrected chi connectivity index (χ0v) is 15.7. The van der Waals surface area contributed by atoms with Gasteiger partial charge in [-0.05, 0) is 43.2 Å². The summed E-state index contributed by atoms with van der Waals surface area (Å²) in [4.78, 5) is 30.7. The first kappa shape index (κ1) is 18.7. The molecule has 3 aromatic rings. The average Bonchev–Trinajstić information content (AvgIpc) is 3.29. The number of carbonyl (C=O) groups is 2. The molecule has 0 spiro atoms. The molecule has 29 heavy (non-hydrogen) atoms. The monoisotopic (exact) mass is 391 g/mol. The van der Waals surface area contributed by atoms with E-state index in [2.05, 4.69) is 20.5 Å². The molecule has 2 amide bonds. The van der Waals surface area contributed by atoms with Crippen molar-refractivity contribution in [1.82, 2.24) is 20.1 Å². The number of rotatable bonds is 4. The predicted molar refractivity (Wildman–Crippen MR) is 107 cm³/mol. The van der Waals surface area contributed by atoms with Crippen LogP contribution in [0.25, 0.3) is 0 Å². The van der Waals surface area contributed by atoms with Crippen LogP contribution in [0.4, 0.5) is 5.69 Å². The van der Waals surface area contributed by atoms with E-state index in [4.69, 9.17) is 4.74 Å². The number of anilines is 1. The molecule has 1 fully saturated rings. The lowest BCUT2D eigenvalue weighted by Gasteiger charge is -2.31. The second-order valence-electron chi connectivity index (χ2n) is 6.87. The van der Waals surface area contributed by atoms with Gasteiger partial charge in [0.15, 0.2) is 0 Å². The maximum atomic E-state index is 12.6. The Morgan fingerprint density at radius 1 is 1.10 bits per heavy atom. The number of aromatic amines is 1. The zero-order valence-electron chi connectivity index (χ0n) is 15.7. The summed E-state index contributed by atoms with van der Waals surface area (Å²) in [5.74, 6) is 0.169. The third-order valence-corrected chi connectivity index (χ3v) is 4.84. The van der Waals surface area contributed by atoms with E-state index in [-0.39, 0.29) is 5.92 Å². The molecule has 0 bridgehead atoms. The molecular weight excluding hydrogens is 370 g/mol. The Balaban J connectivity index is 1.38. The van der Waals surface area contributed by atoms with Gasteiger partial charge >= 0.3 is 11.8 Å². The highest BCUT2D eigenvalue weighted by atomic mass is 16.5. The highest BCUT2D eigenvalue weighted by Gasteiger charge is 2.29. The Labute approximate surface area is 167 Å². The van der Waals surface area contributed by atoms with Crippen LogP contribution in [0.1, 0.15) is 24.5 Å². The second-order valence-corrected chi connectivity index (χ2v) is 6.87. The van der Waals surface area contributed by atoms with Gasteiger partial charge in [0.25, 0.3) is 0 Å². The normalized spacial score (nSPS) is 16.3. The minimum absolute atomic E-state index is 0.167. The number of hydrogen-bond acceptors (Lipinski definition) is 5. The third-order valence-electron chi connectivity index (χ3n) is 4.84. The van der Waals surface area contributed by atoms with E-state index in [0.29, 0.717) is 30.3 Å². The van der Waals surface area contributed by atoms with Crippen LogP contribution >= 0.6 is 0 Å². The molecule has 0 aliphatic carbocycles. The van der Waals surface area contributed by atoms with Gasteiger partial charge in [-0.15, -0.1) is 0 Å². The molecule has 1 aliphatic heterocycles. The number of nitrogens with zero attached hydrogens (tertiary/aromatic N) is 3. The molecule has 1 aliphatic rings. The standard InChI is InChI=1S/C21H21N5O3/c27-20(21(28)26-12-2-3-15(14-26)19-8-11-23-25-19)24-16-4-1-5-18(13-16)29-17-6-9-22-10-7-17/h1,4-11,13,15H,2-3,12,14H2,(H,23,25)(H,24,27)/t15-/m0/s1. The minimum atomic E-state index is -0.656. The first-order chi connectivity index (χ1) is 14.2. The van der Waals surface area contributed by atoms with Crippen LogP contribution < -0.4 is 10.1 Å². The SMILES string of the molecule is O=C(Nc1cccc(Oc2ccncc2)c1)C(=O)N1CCC[C@H](c2ccn[nH]2)C1. The molecule has 0 saturated carbocycles. The Morgan fingerprint density at radius 2 is 1.97 bits per heavy atom. The predicted octanol–water partition coefficient (Wildman–Crippen LogP) is 2.94. The Kier molecular flexibility index (Phi) is 5.51. The molecule has 148 valence electrons. The summed E-state index contributed by atoms with van der Waals surface area (Å²) in [5, 5.41) is 9.60. The van der Waals surface area contributed by atoms with Crippen LogP contribution in [0.15, 0.2) is 61.1 Å². The van der Waals surface area contributed by atoms with Gasteiger partial charge in [0.05, 0.1) is 0 Å². The number of ether oxygens (including phenoxy) is 1. The number of nitrogens with one attached hydrogen (secondary N) is 2. The van der Waals surface area contributed by atoms with Crippen molar-refractivity contribution in [3.63, 3.8) is 0 Å². The van der Waals surface area contributed by atoms with Gasteiger partial charge in [-0.2, -0.15) is 5.10 Å². The topological polar surface area (TPSA) is 100 Å². The van der Waals surface area contributed by atoms with Gasteiger partial charge < -0.3 is 15.0 Å². The van der Waals surface area contributed by atoms with Gasteiger partial charge in [0, 0.05) is 55.0 Å². The summed E-state index contributed by atoms with van der Waals surface area (Å²) < 4.78 is 5.74. The number of carbonyl (C=O) groups excluding carboxylic acids is 2. The van der Waals surface area contributed by atoms with E-state index in [0.717, 1.165) is 18.5 Å². The number of hydrogen-bond donors (Lipinski definition) is 2. The number of aromatic nitrogens is 3. The number of H-pyrrole nitrogens is 1. The van der Waals surface area contributed by atoms with E-state index >= 15 is 0 Å². The van der Waals surface area contributed by atoms with Crippen LogP contribution in [0, 0.1) is 0 Å². The smallest absolute Gasteiger partial charge is 0.313 e. The zero-order chi connectivity index (χ0) is 20.1. The van der Waals surface area contributed by atoms with Crippen molar-refractivity contribution in [2.45, 2.75) is 18.8 Å². The van der Waals surface area contributed by atoms with Gasteiger partial charge in [-0.1, -0.05) is 6.07 Å². The Bertz CT molecular complexity index is 975. The van der Waals surface area contributed by atoms with E-state index in [1.54, 1.807) is 59.9 Å². The number of pyridine rings is 1. The molecule has 1 aromatic carbocycles. The summed E-state index contributed by atoms with van der Waals surface area (Å²) in [6.45, 7) is 1.07. The Morgan fingerprint density at radius 3 is 2.76 bits per heavy atom. The summed E-state index contributed by atoms with van der Waals surface area (Å²) in [6.07, 6.45) is 6.77. The number of piperidine rings is 1. The summed E-state index contributed by atoms with van der Waals surface area (Å²) in [5.41, 5.74) is 1.49. The molecule has 0 radical (unpaired) electrons. The van der Waals surface area contributed by atoms with Gasteiger partial charge in [-0.25, -0.2) is 0 Å². The summed E-state index contributed by atoms with van der Waals surface area (Å²) >= 11 is 0. The second kappa shape index (κ2) is 8.55. The molecule has 3 heterocycles. The summed E-state index contributed by atoms with van der Waals surface area (Å²) in [7, 11) is 0. The van der Waals surface area contributed by atoms with Gasteiger partial charge in [-0.3, -0.25) is 19.7 Å². The van der Waals surface area contributed by atoms with E-state index < -0.39 is 11.8 Å². The molecule has 0 unspecified atom stereocenters. The number of likely N-dealkylation sites (tertiary alicyclic amines) is 1. The number of amides is 2. The molecular formula is C21H21N5O3. The lowest BCUT2D eigenvalue weighted by Crippen LogP contribution is -2.44. The first-order valence-corrected chi connectivity index (χ1v) is 9.46. The maximum Gasteiger partial charge on any atom is 0.313 e. The van der Waals surface area contributed by atoms with Crippen molar-refractivity contribution >= 4 is 17.5 Å².